The second-order valence-electron chi connectivity index (χ2n) is 5.63. The Morgan fingerprint density at radius 3 is 2.41 bits per heavy atom. The lowest BCUT2D eigenvalue weighted by atomic mass is 10.1. The third-order valence-corrected chi connectivity index (χ3v) is 3.52. The van der Waals surface area contributed by atoms with Crippen LogP contribution in [-0.2, 0) is 6.42 Å². The molecule has 0 fully saturated rings. The smallest absolute Gasteiger partial charge is 0.0633 e. The van der Waals surface area contributed by atoms with Gasteiger partial charge in [0, 0.05) is 17.8 Å². The molecule has 0 aromatic heterocycles. The van der Waals surface area contributed by atoms with Crippen LogP contribution in [0.25, 0.3) is 6.08 Å². The zero-order chi connectivity index (χ0) is 15.9. The van der Waals surface area contributed by atoms with E-state index >= 15 is 0 Å². The van der Waals surface area contributed by atoms with Gasteiger partial charge < -0.3 is 16.0 Å². The van der Waals surface area contributed by atoms with E-state index in [1.165, 1.54) is 5.56 Å². The molecule has 3 nitrogen and oxygen atoms in total. The molecule has 0 radical (unpaired) electrons. The zero-order valence-corrected chi connectivity index (χ0v) is 13.2. The monoisotopic (exact) mass is 293 g/mol. The highest BCUT2D eigenvalue weighted by Gasteiger charge is 2.01. The molecular formula is C19H23N3. The lowest BCUT2D eigenvalue weighted by Gasteiger charge is -2.09. The maximum atomic E-state index is 8.10. The number of rotatable bonds is 6. The first-order valence-corrected chi connectivity index (χ1v) is 7.41. The number of anilines is 1. The molecule has 0 unspecified atom stereocenters. The van der Waals surface area contributed by atoms with Crippen molar-refractivity contribution in [1.29, 1.82) is 5.41 Å². The molecule has 0 aliphatic carbocycles. The number of nitrogens with one attached hydrogen (secondary N) is 1. The molecule has 2 rings (SSSR count). The van der Waals surface area contributed by atoms with Gasteiger partial charge in [0.2, 0.25) is 0 Å². The van der Waals surface area contributed by atoms with Gasteiger partial charge in [-0.15, -0.1) is 0 Å². The molecule has 0 spiro atoms. The van der Waals surface area contributed by atoms with E-state index in [9.17, 15) is 0 Å². The van der Waals surface area contributed by atoms with Gasteiger partial charge >= 0.3 is 0 Å². The minimum Gasteiger partial charge on any atom is -0.398 e. The summed E-state index contributed by atoms with van der Waals surface area (Å²) in [7, 11) is 4.16. The second kappa shape index (κ2) is 7.57. The molecule has 2 aromatic carbocycles. The van der Waals surface area contributed by atoms with Gasteiger partial charge in [0.15, 0.2) is 0 Å². The number of para-hydroxylation sites is 1. The molecule has 3 N–H and O–H groups in total. The highest BCUT2D eigenvalue weighted by Crippen LogP contribution is 2.13. The van der Waals surface area contributed by atoms with Crippen molar-refractivity contribution in [2.75, 3.05) is 26.4 Å². The highest BCUT2D eigenvalue weighted by molar-refractivity contribution is 6.11. The fourth-order valence-corrected chi connectivity index (χ4v) is 2.16. The van der Waals surface area contributed by atoms with E-state index in [1.54, 1.807) is 6.08 Å². The van der Waals surface area contributed by atoms with E-state index in [1.807, 2.05) is 30.3 Å². The van der Waals surface area contributed by atoms with Gasteiger partial charge in [-0.2, -0.15) is 0 Å². The molecule has 2 aromatic rings. The average molecular weight is 293 g/mol. The third-order valence-electron chi connectivity index (χ3n) is 3.52. The summed E-state index contributed by atoms with van der Waals surface area (Å²) in [5, 5.41) is 8.10. The largest absolute Gasteiger partial charge is 0.398 e. The van der Waals surface area contributed by atoms with Crippen LogP contribution in [0.15, 0.2) is 54.6 Å². The lowest BCUT2D eigenvalue weighted by Crippen LogP contribution is -2.14. The van der Waals surface area contributed by atoms with Crippen molar-refractivity contribution in [3.8, 4) is 0 Å². The fourth-order valence-electron chi connectivity index (χ4n) is 2.16. The Hall–Kier alpha value is -2.39. The van der Waals surface area contributed by atoms with E-state index in [0.717, 1.165) is 24.1 Å². The van der Waals surface area contributed by atoms with Gasteiger partial charge in [-0.05, 0) is 43.8 Å². The Morgan fingerprint density at radius 1 is 1.09 bits per heavy atom. The summed E-state index contributed by atoms with van der Waals surface area (Å²) in [5.41, 5.74) is 10.1. The summed E-state index contributed by atoms with van der Waals surface area (Å²) < 4.78 is 0. The van der Waals surface area contributed by atoms with E-state index < -0.39 is 0 Å². The molecule has 0 bridgehead atoms. The minimum atomic E-state index is 0.426. The van der Waals surface area contributed by atoms with Crippen LogP contribution in [0.2, 0.25) is 0 Å². The summed E-state index contributed by atoms with van der Waals surface area (Å²) in [6.45, 7) is 1.05. The van der Waals surface area contributed by atoms with Gasteiger partial charge in [0.05, 0.1) is 5.71 Å². The maximum Gasteiger partial charge on any atom is 0.0633 e. The lowest BCUT2D eigenvalue weighted by molar-refractivity contribution is 0.413. The first-order chi connectivity index (χ1) is 10.6. The van der Waals surface area contributed by atoms with Gasteiger partial charge in [0.25, 0.3) is 0 Å². The minimum absolute atomic E-state index is 0.426. The third kappa shape index (κ3) is 4.57. The Labute approximate surface area is 132 Å². The molecule has 0 saturated heterocycles. The van der Waals surface area contributed by atoms with Crippen molar-refractivity contribution in [3.05, 3.63) is 71.3 Å². The normalized spacial score (nSPS) is 11.2. The number of nitrogens with zero attached hydrogens (tertiary/aromatic N) is 1. The number of likely N-dealkylation sites (N-methyl/N-ethyl adjacent to an activating group) is 1. The summed E-state index contributed by atoms with van der Waals surface area (Å²) in [6.07, 6.45) is 4.79. The Kier molecular flexibility index (Phi) is 5.50. The van der Waals surface area contributed by atoms with Crippen LogP contribution in [-0.4, -0.2) is 31.3 Å². The maximum absolute atomic E-state index is 8.10. The number of allylic oxidation sites excluding steroid dienone is 1. The van der Waals surface area contributed by atoms with E-state index in [-0.39, 0.29) is 0 Å². The van der Waals surface area contributed by atoms with Crippen LogP contribution in [0.4, 0.5) is 5.69 Å². The van der Waals surface area contributed by atoms with Gasteiger partial charge in [-0.1, -0.05) is 48.5 Å². The SMILES string of the molecule is CN(C)CCc1ccc(/C=C/C(=N)c2ccccc2N)cc1. The van der Waals surface area contributed by atoms with Crippen LogP contribution in [0, 0.1) is 5.41 Å². The molecule has 22 heavy (non-hydrogen) atoms. The highest BCUT2D eigenvalue weighted by atomic mass is 15.0. The number of nitrogens with two attached hydrogens (primary N) is 1. The first-order valence-electron chi connectivity index (χ1n) is 7.41. The topological polar surface area (TPSA) is 53.1 Å². The molecule has 0 aliphatic rings. The number of benzene rings is 2. The molecule has 0 amide bonds. The molecule has 0 saturated carbocycles. The molecule has 114 valence electrons. The van der Waals surface area contributed by atoms with Crippen molar-refractivity contribution >= 4 is 17.5 Å². The van der Waals surface area contributed by atoms with Gasteiger partial charge in [-0.25, -0.2) is 0 Å². The molecule has 0 heterocycles. The predicted octanol–water partition coefficient (Wildman–Crippen LogP) is 3.45. The molecule has 0 atom stereocenters. The predicted molar refractivity (Wildman–Crippen MR) is 95.4 cm³/mol. The van der Waals surface area contributed by atoms with Crippen molar-refractivity contribution in [2.45, 2.75) is 6.42 Å². The number of nitrogen functional groups attached to an aromatic ring is 1. The summed E-state index contributed by atoms with van der Waals surface area (Å²) in [4.78, 5) is 2.18. The Bertz CT molecular complexity index is 655. The fraction of sp³-hybridized carbons (Fsp3) is 0.211. The number of hydrogen-bond donors (Lipinski definition) is 2. The average Bonchev–Trinajstić information content (AvgIpc) is 2.52. The van der Waals surface area contributed by atoms with Crippen LogP contribution in [0.3, 0.4) is 0 Å². The van der Waals surface area contributed by atoms with Crippen LogP contribution < -0.4 is 5.73 Å². The van der Waals surface area contributed by atoms with Crippen LogP contribution >= 0.6 is 0 Å². The van der Waals surface area contributed by atoms with E-state index in [4.69, 9.17) is 11.1 Å². The van der Waals surface area contributed by atoms with Crippen molar-refractivity contribution in [3.63, 3.8) is 0 Å². The quantitative estimate of drug-likeness (QED) is 0.633. The van der Waals surface area contributed by atoms with Crippen molar-refractivity contribution in [1.82, 2.24) is 4.90 Å². The standard InChI is InChI=1S/C19H23N3/c1-22(2)14-13-16-9-7-15(8-10-16)11-12-19(21)17-5-3-4-6-18(17)20/h3-12,21H,13-14,20H2,1-2H3/b12-11+,21-19?. The Balaban J connectivity index is 2.01. The summed E-state index contributed by atoms with van der Waals surface area (Å²) >= 11 is 0. The first kappa shape index (κ1) is 16.0. The number of hydrogen-bond acceptors (Lipinski definition) is 3. The zero-order valence-electron chi connectivity index (χ0n) is 13.2. The van der Waals surface area contributed by atoms with E-state index in [0.29, 0.717) is 11.4 Å². The second-order valence-corrected chi connectivity index (χ2v) is 5.63. The van der Waals surface area contributed by atoms with Crippen molar-refractivity contribution in [2.24, 2.45) is 0 Å². The summed E-state index contributed by atoms with van der Waals surface area (Å²) in [5.74, 6) is 0. The molecular weight excluding hydrogens is 270 g/mol. The van der Waals surface area contributed by atoms with Crippen LogP contribution in [0.5, 0.6) is 0 Å². The Morgan fingerprint density at radius 2 is 1.77 bits per heavy atom. The van der Waals surface area contributed by atoms with Gasteiger partial charge in [-0.3, -0.25) is 0 Å². The van der Waals surface area contributed by atoms with E-state index in [2.05, 4.69) is 43.3 Å². The molecule has 0 aliphatic heterocycles. The molecule has 3 heteroatoms. The van der Waals surface area contributed by atoms with Gasteiger partial charge in [0.1, 0.15) is 0 Å². The summed E-state index contributed by atoms with van der Waals surface area (Å²) in [6, 6.07) is 15.9. The van der Waals surface area contributed by atoms with Crippen LogP contribution in [0.1, 0.15) is 16.7 Å². The van der Waals surface area contributed by atoms with Crippen molar-refractivity contribution < 1.29 is 0 Å².